The molecule has 116 valence electrons. The standard InChI is InChI=1S/C17H16N4O2/c1-12-18-20(11-23-12)13-7-9-14(10-8-13)21-16-6-4-3-5-15(16)19(2)17(21)22/h3-10H,11H2,1-2H3. The van der Waals surface area contributed by atoms with Crippen molar-refractivity contribution in [1.82, 2.24) is 9.13 Å². The molecular weight excluding hydrogens is 292 g/mol. The van der Waals surface area contributed by atoms with Crippen LogP contribution in [-0.2, 0) is 11.8 Å². The summed E-state index contributed by atoms with van der Waals surface area (Å²) in [6.45, 7) is 2.24. The number of nitrogens with zero attached hydrogens (tertiary/aromatic N) is 4. The molecule has 0 atom stereocenters. The van der Waals surface area contributed by atoms with E-state index in [1.807, 2.05) is 55.5 Å². The Morgan fingerprint density at radius 3 is 2.30 bits per heavy atom. The number of aromatic nitrogens is 2. The van der Waals surface area contributed by atoms with E-state index in [-0.39, 0.29) is 5.69 Å². The maximum Gasteiger partial charge on any atom is 0.333 e. The summed E-state index contributed by atoms with van der Waals surface area (Å²) in [5.41, 5.74) is 3.51. The van der Waals surface area contributed by atoms with Crippen molar-refractivity contribution in [1.29, 1.82) is 0 Å². The first kappa shape index (κ1) is 13.6. The molecule has 0 saturated heterocycles. The van der Waals surface area contributed by atoms with Gasteiger partial charge in [-0.2, -0.15) is 0 Å². The number of fused-ring (bicyclic) bond motifs is 1. The lowest BCUT2D eigenvalue weighted by Gasteiger charge is -2.12. The number of hydrazone groups is 1. The summed E-state index contributed by atoms with van der Waals surface area (Å²) in [6, 6.07) is 15.5. The van der Waals surface area contributed by atoms with Gasteiger partial charge in [-0.15, -0.1) is 5.10 Å². The third-order valence-corrected chi connectivity index (χ3v) is 4.03. The molecule has 4 rings (SSSR count). The first-order chi connectivity index (χ1) is 11.1. The Bertz CT molecular complexity index is 966. The van der Waals surface area contributed by atoms with Gasteiger partial charge in [0.05, 0.1) is 22.4 Å². The maximum absolute atomic E-state index is 12.5. The SMILES string of the molecule is CC1=NN(c2ccc(-n3c(=O)n(C)c4ccccc43)cc2)CO1. The third-order valence-electron chi connectivity index (χ3n) is 4.03. The molecule has 0 unspecified atom stereocenters. The van der Waals surface area contributed by atoms with Crippen LogP contribution in [0.2, 0.25) is 0 Å². The van der Waals surface area contributed by atoms with Gasteiger partial charge in [0.25, 0.3) is 0 Å². The lowest BCUT2D eigenvalue weighted by molar-refractivity contribution is 0.335. The molecule has 6 nitrogen and oxygen atoms in total. The summed E-state index contributed by atoms with van der Waals surface area (Å²) in [5.74, 6) is 0.652. The van der Waals surface area contributed by atoms with Gasteiger partial charge in [0.1, 0.15) is 0 Å². The molecule has 0 bridgehead atoms. The second-order valence-corrected chi connectivity index (χ2v) is 5.47. The van der Waals surface area contributed by atoms with Crippen LogP contribution >= 0.6 is 0 Å². The second-order valence-electron chi connectivity index (χ2n) is 5.47. The molecule has 1 aromatic heterocycles. The molecule has 0 amide bonds. The Morgan fingerprint density at radius 2 is 1.65 bits per heavy atom. The third kappa shape index (κ3) is 2.11. The zero-order valence-corrected chi connectivity index (χ0v) is 12.9. The highest BCUT2D eigenvalue weighted by Crippen LogP contribution is 2.22. The van der Waals surface area contributed by atoms with Crippen molar-refractivity contribution in [2.45, 2.75) is 6.92 Å². The number of benzene rings is 2. The Labute approximate surface area is 132 Å². The van der Waals surface area contributed by atoms with Gasteiger partial charge in [-0.1, -0.05) is 12.1 Å². The zero-order valence-electron chi connectivity index (χ0n) is 12.9. The van der Waals surface area contributed by atoms with E-state index in [9.17, 15) is 4.79 Å². The smallest absolute Gasteiger partial charge is 0.333 e. The fourth-order valence-electron chi connectivity index (χ4n) is 2.83. The molecular formula is C17H16N4O2. The summed E-state index contributed by atoms with van der Waals surface area (Å²) in [4.78, 5) is 12.5. The Hall–Kier alpha value is -3.02. The second kappa shape index (κ2) is 5.01. The fourth-order valence-corrected chi connectivity index (χ4v) is 2.83. The first-order valence-corrected chi connectivity index (χ1v) is 7.37. The summed E-state index contributed by atoms with van der Waals surface area (Å²) in [7, 11) is 1.79. The van der Waals surface area contributed by atoms with Crippen LogP contribution in [0.3, 0.4) is 0 Å². The fraction of sp³-hybridized carbons (Fsp3) is 0.176. The van der Waals surface area contributed by atoms with Crippen molar-refractivity contribution in [3.63, 3.8) is 0 Å². The van der Waals surface area contributed by atoms with Crippen molar-refractivity contribution in [3.8, 4) is 5.69 Å². The van der Waals surface area contributed by atoms with Crippen LogP contribution in [0.4, 0.5) is 5.69 Å². The normalized spacial score (nSPS) is 14.2. The highest BCUT2D eigenvalue weighted by atomic mass is 16.5. The lowest BCUT2D eigenvalue weighted by atomic mass is 10.2. The number of hydrogen-bond acceptors (Lipinski definition) is 4. The average molecular weight is 308 g/mol. The van der Waals surface area contributed by atoms with Crippen LogP contribution in [0, 0.1) is 0 Å². The van der Waals surface area contributed by atoms with Gasteiger partial charge >= 0.3 is 5.69 Å². The van der Waals surface area contributed by atoms with Gasteiger partial charge in [0, 0.05) is 14.0 Å². The van der Waals surface area contributed by atoms with E-state index >= 15 is 0 Å². The number of imidazole rings is 1. The molecule has 1 aliphatic heterocycles. The minimum Gasteiger partial charge on any atom is -0.457 e. The van der Waals surface area contributed by atoms with Crippen molar-refractivity contribution in [2.75, 3.05) is 11.7 Å². The van der Waals surface area contributed by atoms with E-state index < -0.39 is 0 Å². The lowest BCUT2D eigenvalue weighted by Crippen LogP contribution is -2.21. The topological polar surface area (TPSA) is 51.8 Å². The van der Waals surface area contributed by atoms with E-state index in [0.29, 0.717) is 12.6 Å². The van der Waals surface area contributed by atoms with E-state index in [0.717, 1.165) is 22.4 Å². The molecule has 2 heterocycles. The van der Waals surface area contributed by atoms with E-state index in [4.69, 9.17) is 4.74 Å². The summed E-state index contributed by atoms with van der Waals surface area (Å²) in [5, 5.41) is 6.07. The number of ether oxygens (including phenoxy) is 1. The Kier molecular flexibility index (Phi) is 2.97. The summed E-state index contributed by atoms with van der Waals surface area (Å²) >= 11 is 0. The monoisotopic (exact) mass is 308 g/mol. The Morgan fingerprint density at radius 1 is 1.00 bits per heavy atom. The van der Waals surface area contributed by atoms with Gasteiger partial charge in [-0.05, 0) is 36.4 Å². The van der Waals surface area contributed by atoms with Crippen LogP contribution in [-0.4, -0.2) is 21.8 Å². The van der Waals surface area contributed by atoms with Crippen LogP contribution in [0.25, 0.3) is 16.7 Å². The number of para-hydroxylation sites is 2. The van der Waals surface area contributed by atoms with E-state index in [1.54, 1.807) is 21.2 Å². The quantitative estimate of drug-likeness (QED) is 0.731. The molecule has 0 spiro atoms. The molecule has 23 heavy (non-hydrogen) atoms. The van der Waals surface area contributed by atoms with Gasteiger partial charge < -0.3 is 4.74 Å². The Balaban J connectivity index is 1.80. The molecule has 0 N–H and O–H groups in total. The van der Waals surface area contributed by atoms with Crippen LogP contribution in [0.5, 0.6) is 0 Å². The van der Waals surface area contributed by atoms with Gasteiger partial charge in [0.2, 0.25) is 5.90 Å². The highest BCUT2D eigenvalue weighted by Gasteiger charge is 2.15. The predicted molar refractivity (Wildman–Crippen MR) is 90.1 cm³/mol. The van der Waals surface area contributed by atoms with Crippen molar-refractivity contribution in [3.05, 3.63) is 59.0 Å². The molecule has 1 aliphatic rings. The van der Waals surface area contributed by atoms with Crippen molar-refractivity contribution in [2.24, 2.45) is 12.1 Å². The van der Waals surface area contributed by atoms with Crippen LogP contribution in [0.15, 0.2) is 58.4 Å². The van der Waals surface area contributed by atoms with Crippen molar-refractivity contribution < 1.29 is 4.74 Å². The number of anilines is 1. The van der Waals surface area contributed by atoms with Crippen LogP contribution in [0.1, 0.15) is 6.92 Å². The summed E-state index contributed by atoms with van der Waals surface area (Å²) in [6.07, 6.45) is 0. The first-order valence-electron chi connectivity index (χ1n) is 7.37. The molecule has 2 aromatic carbocycles. The van der Waals surface area contributed by atoms with Crippen molar-refractivity contribution >= 4 is 22.6 Å². The van der Waals surface area contributed by atoms with E-state index in [2.05, 4.69) is 5.10 Å². The maximum atomic E-state index is 12.5. The molecule has 0 radical (unpaired) electrons. The molecule has 6 heteroatoms. The molecule has 3 aromatic rings. The minimum atomic E-state index is -0.0580. The molecule has 0 fully saturated rings. The van der Waals surface area contributed by atoms with E-state index in [1.165, 1.54) is 0 Å². The highest BCUT2D eigenvalue weighted by molar-refractivity contribution is 5.78. The van der Waals surface area contributed by atoms with Gasteiger partial charge in [-0.25, -0.2) is 9.80 Å². The van der Waals surface area contributed by atoms with Gasteiger partial charge in [-0.3, -0.25) is 9.13 Å². The van der Waals surface area contributed by atoms with Gasteiger partial charge in [0.15, 0.2) is 6.73 Å². The summed E-state index contributed by atoms with van der Waals surface area (Å²) < 4.78 is 8.71. The zero-order chi connectivity index (χ0) is 16.0. The largest absolute Gasteiger partial charge is 0.457 e. The minimum absolute atomic E-state index is 0.0580. The van der Waals surface area contributed by atoms with Crippen LogP contribution < -0.4 is 10.7 Å². The predicted octanol–water partition coefficient (Wildman–Crippen LogP) is 2.46. The molecule has 0 saturated carbocycles. The average Bonchev–Trinajstić information content (AvgIpc) is 3.11. The number of rotatable bonds is 2. The molecule has 0 aliphatic carbocycles. The number of aryl methyl sites for hydroxylation is 1. The number of hydrogen-bond donors (Lipinski definition) is 0.